The molecule has 0 aliphatic carbocycles. The highest BCUT2D eigenvalue weighted by Gasteiger charge is 2.05. The fourth-order valence-electron chi connectivity index (χ4n) is 2.00. The molecule has 1 heterocycles. The van der Waals surface area contributed by atoms with Gasteiger partial charge in [0.1, 0.15) is 18.2 Å². The average Bonchev–Trinajstić information content (AvgIpc) is 2.89. The van der Waals surface area contributed by atoms with Crippen LogP contribution in [0, 0.1) is 0 Å². The summed E-state index contributed by atoms with van der Waals surface area (Å²) in [6, 6.07) is 15.8. The SMILES string of the molecule is NCCOc1cccc(-c2nc3ccccc3[nH]2)c1. The third kappa shape index (κ3) is 2.44. The van der Waals surface area contributed by atoms with Gasteiger partial charge in [0.15, 0.2) is 0 Å². The van der Waals surface area contributed by atoms with Gasteiger partial charge in [0, 0.05) is 12.1 Å². The molecule has 2 aromatic carbocycles. The number of para-hydroxylation sites is 2. The maximum Gasteiger partial charge on any atom is 0.138 e. The predicted molar refractivity (Wildman–Crippen MR) is 76.1 cm³/mol. The van der Waals surface area contributed by atoms with Crippen LogP contribution in [0.15, 0.2) is 48.5 Å². The van der Waals surface area contributed by atoms with Crippen LogP contribution in [-0.2, 0) is 0 Å². The molecule has 0 unspecified atom stereocenters. The number of benzene rings is 2. The Kier molecular flexibility index (Phi) is 3.16. The normalized spacial score (nSPS) is 10.8. The molecule has 0 spiro atoms. The van der Waals surface area contributed by atoms with Gasteiger partial charge in [-0.25, -0.2) is 4.98 Å². The Balaban J connectivity index is 1.96. The first-order valence-electron chi connectivity index (χ1n) is 6.25. The lowest BCUT2D eigenvalue weighted by Crippen LogP contribution is -2.10. The lowest BCUT2D eigenvalue weighted by Gasteiger charge is -2.05. The molecule has 4 nitrogen and oxygen atoms in total. The largest absolute Gasteiger partial charge is 0.492 e. The summed E-state index contributed by atoms with van der Waals surface area (Å²) in [7, 11) is 0. The molecule has 19 heavy (non-hydrogen) atoms. The number of hydrogen-bond donors (Lipinski definition) is 2. The number of rotatable bonds is 4. The van der Waals surface area contributed by atoms with Gasteiger partial charge in [0.25, 0.3) is 0 Å². The fraction of sp³-hybridized carbons (Fsp3) is 0.133. The molecule has 0 aliphatic heterocycles. The topological polar surface area (TPSA) is 63.9 Å². The Morgan fingerprint density at radius 1 is 1.11 bits per heavy atom. The van der Waals surface area contributed by atoms with Gasteiger partial charge in [-0.05, 0) is 24.3 Å². The average molecular weight is 253 g/mol. The molecule has 1 aromatic heterocycles. The summed E-state index contributed by atoms with van der Waals surface area (Å²) < 4.78 is 5.52. The van der Waals surface area contributed by atoms with E-state index in [0.717, 1.165) is 28.2 Å². The van der Waals surface area contributed by atoms with E-state index in [0.29, 0.717) is 13.2 Å². The molecular weight excluding hydrogens is 238 g/mol. The van der Waals surface area contributed by atoms with Crippen molar-refractivity contribution in [3.8, 4) is 17.1 Å². The minimum absolute atomic E-state index is 0.509. The molecule has 3 aromatic rings. The number of aromatic nitrogens is 2. The Hall–Kier alpha value is -2.33. The third-order valence-electron chi connectivity index (χ3n) is 2.88. The van der Waals surface area contributed by atoms with E-state index in [1.54, 1.807) is 0 Å². The molecule has 3 rings (SSSR count). The number of imidazole rings is 1. The lowest BCUT2D eigenvalue weighted by atomic mass is 10.2. The zero-order valence-electron chi connectivity index (χ0n) is 10.5. The highest BCUT2D eigenvalue weighted by Crippen LogP contribution is 2.23. The summed E-state index contributed by atoms with van der Waals surface area (Å²) in [4.78, 5) is 7.87. The molecule has 0 atom stereocenters. The predicted octanol–water partition coefficient (Wildman–Crippen LogP) is 2.57. The highest BCUT2D eigenvalue weighted by atomic mass is 16.5. The fourth-order valence-corrected chi connectivity index (χ4v) is 2.00. The summed E-state index contributed by atoms with van der Waals surface area (Å²) in [6.07, 6.45) is 0. The number of ether oxygens (including phenoxy) is 1. The van der Waals surface area contributed by atoms with E-state index < -0.39 is 0 Å². The molecule has 0 saturated carbocycles. The van der Waals surface area contributed by atoms with Gasteiger partial charge in [-0.15, -0.1) is 0 Å². The zero-order chi connectivity index (χ0) is 13.1. The van der Waals surface area contributed by atoms with Crippen molar-refractivity contribution in [1.82, 2.24) is 9.97 Å². The Bertz CT molecular complexity index is 657. The lowest BCUT2D eigenvalue weighted by molar-refractivity contribution is 0.328. The summed E-state index contributed by atoms with van der Waals surface area (Å²) in [5, 5.41) is 0. The van der Waals surface area contributed by atoms with Crippen LogP contribution in [0.4, 0.5) is 0 Å². The number of H-pyrrole nitrogens is 1. The van der Waals surface area contributed by atoms with E-state index >= 15 is 0 Å². The molecule has 0 radical (unpaired) electrons. The van der Waals surface area contributed by atoms with Crippen molar-refractivity contribution >= 4 is 11.0 Å². The Morgan fingerprint density at radius 2 is 2.00 bits per heavy atom. The molecule has 0 saturated heterocycles. The Morgan fingerprint density at radius 3 is 2.84 bits per heavy atom. The first-order chi connectivity index (χ1) is 9.36. The standard InChI is InChI=1S/C15H15N3O/c16-8-9-19-12-5-3-4-11(10-12)15-17-13-6-1-2-7-14(13)18-15/h1-7,10H,8-9,16H2,(H,17,18). The smallest absolute Gasteiger partial charge is 0.138 e. The quantitative estimate of drug-likeness (QED) is 0.751. The van der Waals surface area contributed by atoms with Crippen LogP contribution >= 0.6 is 0 Å². The van der Waals surface area contributed by atoms with Gasteiger partial charge in [-0.2, -0.15) is 0 Å². The molecule has 3 N–H and O–H groups in total. The molecular formula is C15H15N3O. The van der Waals surface area contributed by atoms with Crippen molar-refractivity contribution in [2.24, 2.45) is 5.73 Å². The second-order valence-corrected chi connectivity index (χ2v) is 4.27. The van der Waals surface area contributed by atoms with Crippen LogP contribution in [0.2, 0.25) is 0 Å². The summed E-state index contributed by atoms with van der Waals surface area (Å²) in [5.41, 5.74) is 8.44. The van der Waals surface area contributed by atoms with Gasteiger partial charge in [-0.3, -0.25) is 0 Å². The molecule has 0 amide bonds. The van der Waals surface area contributed by atoms with Gasteiger partial charge < -0.3 is 15.5 Å². The van der Waals surface area contributed by atoms with Crippen LogP contribution in [0.1, 0.15) is 0 Å². The van der Waals surface area contributed by atoms with E-state index in [2.05, 4.69) is 9.97 Å². The van der Waals surface area contributed by atoms with Crippen LogP contribution in [0.5, 0.6) is 5.75 Å². The first-order valence-corrected chi connectivity index (χ1v) is 6.25. The van der Waals surface area contributed by atoms with Crippen molar-refractivity contribution in [1.29, 1.82) is 0 Å². The minimum Gasteiger partial charge on any atom is -0.492 e. The van der Waals surface area contributed by atoms with Crippen molar-refractivity contribution in [3.05, 3.63) is 48.5 Å². The third-order valence-corrected chi connectivity index (χ3v) is 2.88. The molecule has 4 heteroatoms. The summed E-state index contributed by atoms with van der Waals surface area (Å²) in [5.74, 6) is 1.66. The van der Waals surface area contributed by atoms with Gasteiger partial charge in [0.05, 0.1) is 11.0 Å². The number of nitrogens with zero attached hydrogens (tertiary/aromatic N) is 1. The zero-order valence-corrected chi connectivity index (χ0v) is 10.5. The van der Waals surface area contributed by atoms with E-state index in [4.69, 9.17) is 10.5 Å². The van der Waals surface area contributed by atoms with Gasteiger partial charge in [-0.1, -0.05) is 24.3 Å². The van der Waals surface area contributed by atoms with Crippen LogP contribution < -0.4 is 10.5 Å². The van der Waals surface area contributed by atoms with Crippen LogP contribution in [-0.4, -0.2) is 23.1 Å². The van der Waals surface area contributed by atoms with Gasteiger partial charge in [0.2, 0.25) is 0 Å². The van der Waals surface area contributed by atoms with Crippen molar-refractivity contribution in [3.63, 3.8) is 0 Å². The van der Waals surface area contributed by atoms with E-state index in [-0.39, 0.29) is 0 Å². The maximum atomic E-state index is 5.52. The molecule has 0 aliphatic rings. The number of hydrogen-bond acceptors (Lipinski definition) is 3. The van der Waals surface area contributed by atoms with Crippen molar-refractivity contribution < 1.29 is 4.74 Å². The number of aromatic amines is 1. The Labute approximate surface area is 111 Å². The maximum absolute atomic E-state index is 5.52. The molecule has 96 valence electrons. The van der Waals surface area contributed by atoms with Crippen molar-refractivity contribution in [2.75, 3.05) is 13.2 Å². The van der Waals surface area contributed by atoms with E-state index in [9.17, 15) is 0 Å². The molecule has 0 bridgehead atoms. The van der Waals surface area contributed by atoms with Crippen molar-refractivity contribution in [2.45, 2.75) is 0 Å². The second kappa shape index (κ2) is 5.12. The number of fused-ring (bicyclic) bond motifs is 1. The second-order valence-electron chi connectivity index (χ2n) is 4.27. The van der Waals surface area contributed by atoms with Gasteiger partial charge >= 0.3 is 0 Å². The van der Waals surface area contributed by atoms with E-state index in [1.807, 2.05) is 48.5 Å². The monoisotopic (exact) mass is 253 g/mol. The summed E-state index contributed by atoms with van der Waals surface area (Å²) in [6.45, 7) is 1.03. The van der Waals surface area contributed by atoms with E-state index in [1.165, 1.54) is 0 Å². The minimum atomic E-state index is 0.509. The first kappa shape index (κ1) is 11.7. The summed E-state index contributed by atoms with van der Waals surface area (Å²) >= 11 is 0. The van der Waals surface area contributed by atoms with Crippen LogP contribution in [0.3, 0.4) is 0 Å². The molecule has 0 fully saturated rings. The number of nitrogens with two attached hydrogens (primary N) is 1. The van der Waals surface area contributed by atoms with Crippen LogP contribution in [0.25, 0.3) is 22.4 Å². The number of nitrogens with one attached hydrogen (secondary N) is 1. The highest BCUT2D eigenvalue weighted by molar-refractivity contribution is 5.79.